The number of rotatable bonds is 3. The highest BCUT2D eigenvalue weighted by Gasteiger charge is 2.34. The average Bonchev–Trinajstić information content (AvgIpc) is 2.97. The van der Waals surface area contributed by atoms with Crippen molar-refractivity contribution in [3.8, 4) is 0 Å². The highest BCUT2D eigenvalue weighted by atomic mass is 19.1. The highest BCUT2D eigenvalue weighted by Crippen LogP contribution is 2.32. The van der Waals surface area contributed by atoms with Crippen molar-refractivity contribution in [3.63, 3.8) is 0 Å². The third-order valence-electron chi connectivity index (χ3n) is 4.37. The molecule has 0 radical (unpaired) electrons. The van der Waals surface area contributed by atoms with Crippen LogP contribution in [0.1, 0.15) is 30.1 Å². The fraction of sp³-hybridized carbons (Fsp3) is 0.375. The van der Waals surface area contributed by atoms with Crippen LogP contribution >= 0.6 is 0 Å². The number of hydrogen-bond donors (Lipinski definition) is 2. The maximum Gasteiger partial charge on any atom is 0.407 e. The molecule has 2 atom stereocenters. The molecule has 3 rings (SSSR count). The van der Waals surface area contributed by atoms with Gasteiger partial charge in [0.15, 0.2) is 0 Å². The molecular formula is C16H16F2N2O4. The lowest BCUT2D eigenvalue weighted by Gasteiger charge is -2.37. The number of hydrogen-bond acceptors (Lipinski definition) is 3. The van der Waals surface area contributed by atoms with Gasteiger partial charge in [0.1, 0.15) is 17.4 Å². The number of amides is 1. The van der Waals surface area contributed by atoms with Gasteiger partial charge in [0.2, 0.25) is 0 Å². The Morgan fingerprint density at radius 2 is 2.17 bits per heavy atom. The minimum Gasteiger partial charge on any atom is -0.465 e. The number of halogens is 2. The van der Waals surface area contributed by atoms with Gasteiger partial charge >= 0.3 is 6.09 Å². The Balaban J connectivity index is 1.84. The number of likely N-dealkylation sites (tertiary alicyclic amines) is 1. The zero-order valence-corrected chi connectivity index (χ0v) is 12.7. The van der Waals surface area contributed by atoms with Crippen molar-refractivity contribution in [1.82, 2.24) is 10.1 Å². The first kappa shape index (κ1) is 16.2. The van der Waals surface area contributed by atoms with Gasteiger partial charge in [0.25, 0.3) is 5.56 Å². The van der Waals surface area contributed by atoms with Crippen LogP contribution in [0.3, 0.4) is 0 Å². The second kappa shape index (κ2) is 6.46. The molecule has 2 N–H and O–H groups in total. The van der Waals surface area contributed by atoms with Gasteiger partial charge in [0.05, 0.1) is 0 Å². The minimum absolute atomic E-state index is 0.0566. The summed E-state index contributed by atoms with van der Waals surface area (Å²) in [7, 11) is 0. The van der Waals surface area contributed by atoms with E-state index in [1.54, 1.807) is 0 Å². The summed E-state index contributed by atoms with van der Waals surface area (Å²) in [6, 6.07) is 3.93. The molecule has 128 valence electrons. The van der Waals surface area contributed by atoms with Crippen molar-refractivity contribution in [3.05, 3.63) is 57.6 Å². The second-order valence-corrected chi connectivity index (χ2v) is 5.91. The first-order valence-corrected chi connectivity index (χ1v) is 7.56. The van der Waals surface area contributed by atoms with E-state index < -0.39 is 23.8 Å². The molecule has 2 aromatic rings. The molecule has 1 aliphatic heterocycles. The number of nitrogens with zero attached hydrogens (tertiary/aromatic N) is 1. The number of aromatic nitrogens is 1. The van der Waals surface area contributed by atoms with Crippen LogP contribution < -0.4 is 5.56 Å². The fourth-order valence-corrected chi connectivity index (χ4v) is 3.21. The predicted octanol–water partition coefficient (Wildman–Crippen LogP) is 2.71. The molecule has 1 aliphatic rings. The molecule has 6 nitrogen and oxygen atoms in total. The molecule has 1 fully saturated rings. The van der Waals surface area contributed by atoms with E-state index in [0.29, 0.717) is 18.6 Å². The molecule has 0 saturated carbocycles. The van der Waals surface area contributed by atoms with Crippen molar-refractivity contribution in [1.29, 1.82) is 0 Å². The lowest BCUT2D eigenvalue weighted by Crippen LogP contribution is -2.46. The SMILES string of the molecule is O=C(O)N1CC[C@@H](c2cc(=O)[nH]o2)C[C@@H]1Cc1cc(F)ccc1F. The summed E-state index contributed by atoms with van der Waals surface area (Å²) in [5.74, 6) is -0.842. The number of H-pyrrole nitrogens is 1. The topological polar surface area (TPSA) is 86.5 Å². The van der Waals surface area contributed by atoms with Gasteiger partial charge in [-0.15, -0.1) is 0 Å². The van der Waals surface area contributed by atoms with Crippen LogP contribution in [-0.2, 0) is 6.42 Å². The number of aromatic amines is 1. The van der Waals surface area contributed by atoms with Gasteiger partial charge in [-0.3, -0.25) is 4.79 Å². The Morgan fingerprint density at radius 3 is 2.83 bits per heavy atom. The van der Waals surface area contributed by atoms with E-state index in [1.807, 2.05) is 0 Å². The van der Waals surface area contributed by atoms with Crippen molar-refractivity contribution < 1.29 is 23.2 Å². The molecule has 0 bridgehead atoms. The van der Waals surface area contributed by atoms with Crippen LogP contribution in [0.15, 0.2) is 33.6 Å². The van der Waals surface area contributed by atoms with E-state index in [4.69, 9.17) is 4.52 Å². The van der Waals surface area contributed by atoms with Crippen molar-refractivity contribution in [2.24, 2.45) is 0 Å². The van der Waals surface area contributed by atoms with Gasteiger partial charge < -0.3 is 14.5 Å². The van der Waals surface area contributed by atoms with Crippen LogP contribution in [0.2, 0.25) is 0 Å². The maximum atomic E-state index is 13.9. The van der Waals surface area contributed by atoms with E-state index >= 15 is 0 Å². The van der Waals surface area contributed by atoms with Crippen LogP contribution in [0.5, 0.6) is 0 Å². The number of nitrogens with one attached hydrogen (secondary N) is 1. The van der Waals surface area contributed by atoms with E-state index in [-0.39, 0.29) is 30.0 Å². The Kier molecular flexibility index (Phi) is 4.37. The summed E-state index contributed by atoms with van der Waals surface area (Å²) in [5.41, 5.74) is -0.235. The fourth-order valence-electron chi connectivity index (χ4n) is 3.21. The Hall–Kier alpha value is -2.64. The molecule has 0 spiro atoms. The molecule has 8 heteroatoms. The van der Waals surface area contributed by atoms with Crippen molar-refractivity contribution in [2.75, 3.05) is 6.54 Å². The summed E-state index contributed by atoms with van der Waals surface area (Å²) >= 11 is 0. The number of piperidine rings is 1. The van der Waals surface area contributed by atoms with Crippen LogP contribution in [0.4, 0.5) is 13.6 Å². The lowest BCUT2D eigenvalue weighted by atomic mass is 9.86. The molecule has 0 aliphatic carbocycles. The maximum absolute atomic E-state index is 13.9. The summed E-state index contributed by atoms with van der Waals surface area (Å²) in [5, 5.41) is 11.6. The second-order valence-electron chi connectivity index (χ2n) is 5.91. The smallest absolute Gasteiger partial charge is 0.407 e. The summed E-state index contributed by atoms with van der Waals surface area (Å²) in [4.78, 5) is 23.9. The van der Waals surface area contributed by atoms with E-state index in [2.05, 4.69) is 5.16 Å². The molecular weight excluding hydrogens is 322 g/mol. The van der Waals surface area contributed by atoms with Crippen LogP contribution in [-0.4, -0.2) is 33.8 Å². The minimum atomic E-state index is -1.11. The Morgan fingerprint density at radius 1 is 1.38 bits per heavy atom. The van der Waals surface area contributed by atoms with Crippen molar-refractivity contribution >= 4 is 6.09 Å². The first-order valence-electron chi connectivity index (χ1n) is 7.56. The normalized spacial score (nSPS) is 21.0. The molecule has 1 aromatic heterocycles. The van der Waals surface area contributed by atoms with Gasteiger partial charge in [-0.05, 0) is 43.0 Å². The number of benzene rings is 1. The van der Waals surface area contributed by atoms with Gasteiger partial charge in [-0.2, -0.15) is 5.16 Å². The number of carbonyl (C=O) groups is 1. The Labute approximate surface area is 135 Å². The monoisotopic (exact) mass is 338 g/mol. The first-order chi connectivity index (χ1) is 11.4. The molecule has 0 unspecified atom stereocenters. The summed E-state index contributed by atoms with van der Waals surface area (Å²) in [6.45, 7) is 0.233. The summed E-state index contributed by atoms with van der Waals surface area (Å²) < 4.78 is 32.3. The molecule has 2 heterocycles. The zero-order chi connectivity index (χ0) is 17.3. The van der Waals surface area contributed by atoms with E-state index in [9.17, 15) is 23.5 Å². The molecule has 24 heavy (non-hydrogen) atoms. The lowest BCUT2D eigenvalue weighted by molar-refractivity contribution is 0.0965. The standard InChI is InChI=1S/C16H16F2N2O4/c17-11-1-2-13(18)10(5-11)7-12-6-9(3-4-20(12)16(22)23)14-8-15(21)19-24-14/h1-2,5,8-9,12H,3-4,6-7H2,(H,19,21)(H,22,23)/t9-,12-/m1/s1. The third kappa shape index (κ3) is 3.32. The third-order valence-corrected chi connectivity index (χ3v) is 4.37. The van der Waals surface area contributed by atoms with Gasteiger partial charge in [-0.1, -0.05) is 0 Å². The summed E-state index contributed by atoms with van der Waals surface area (Å²) in [6.07, 6.45) is -0.190. The highest BCUT2D eigenvalue weighted by molar-refractivity contribution is 5.65. The number of carboxylic acid groups (broad SMARTS) is 1. The predicted molar refractivity (Wildman–Crippen MR) is 79.9 cm³/mol. The Bertz CT molecular complexity index is 801. The van der Waals surface area contributed by atoms with E-state index in [0.717, 1.165) is 18.2 Å². The van der Waals surface area contributed by atoms with Crippen LogP contribution in [0.25, 0.3) is 0 Å². The van der Waals surface area contributed by atoms with E-state index in [1.165, 1.54) is 11.0 Å². The van der Waals surface area contributed by atoms with Gasteiger partial charge in [0, 0.05) is 24.6 Å². The molecule has 1 saturated heterocycles. The van der Waals surface area contributed by atoms with Gasteiger partial charge in [-0.25, -0.2) is 13.6 Å². The molecule has 1 amide bonds. The van der Waals surface area contributed by atoms with Crippen LogP contribution in [0, 0.1) is 11.6 Å². The quantitative estimate of drug-likeness (QED) is 0.901. The molecule has 1 aromatic carbocycles. The average molecular weight is 338 g/mol. The zero-order valence-electron chi connectivity index (χ0n) is 12.7. The largest absolute Gasteiger partial charge is 0.465 e. The van der Waals surface area contributed by atoms with Crippen molar-refractivity contribution in [2.45, 2.75) is 31.2 Å².